The van der Waals surface area contributed by atoms with Gasteiger partial charge < -0.3 is 10.6 Å². The second-order valence-corrected chi connectivity index (χ2v) is 11.5. The third kappa shape index (κ3) is 4.58. The molecule has 0 saturated carbocycles. The molecule has 2 aliphatic rings. The van der Waals surface area contributed by atoms with Crippen molar-refractivity contribution in [3.8, 4) is 0 Å². The summed E-state index contributed by atoms with van der Waals surface area (Å²) in [4.78, 5) is 13.3. The molecule has 2 aliphatic heterocycles. The SMILES string of the molecule is Cc1ccc(S(=O)(=O)N2CCC[C@H]2C(=O)NC2CC(C)(C)NC(C)(C)C2)cc1. The van der Waals surface area contributed by atoms with Crippen molar-refractivity contribution in [2.45, 2.75) is 88.4 Å². The van der Waals surface area contributed by atoms with E-state index in [1.807, 2.05) is 6.92 Å². The van der Waals surface area contributed by atoms with Gasteiger partial charge in [-0.1, -0.05) is 17.7 Å². The van der Waals surface area contributed by atoms with Gasteiger partial charge >= 0.3 is 0 Å². The van der Waals surface area contributed by atoms with E-state index in [1.165, 1.54) is 4.31 Å². The van der Waals surface area contributed by atoms with Gasteiger partial charge in [0.1, 0.15) is 6.04 Å². The zero-order valence-electron chi connectivity index (χ0n) is 17.6. The third-order valence-electron chi connectivity index (χ3n) is 5.67. The molecular formula is C21H33N3O3S. The first-order chi connectivity index (χ1) is 12.9. The Morgan fingerprint density at radius 3 is 2.25 bits per heavy atom. The summed E-state index contributed by atoms with van der Waals surface area (Å²) in [6, 6.07) is 6.22. The number of nitrogens with zero attached hydrogens (tertiary/aromatic N) is 1. The van der Waals surface area contributed by atoms with Crippen LogP contribution in [0.4, 0.5) is 0 Å². The Labute approximate surface area is 169 Å². The van der Waals surface area contributed by atoms with E-state index in [2.05, 4.69) is 38.3 Å². The Hall–Kier alpha value is -1.44. The second kappa shape index (κ2) is 7.43. The van der Waals surface area contributed by atoms with Crippen LogP contribution < -0.4 is 10.6 Å². The standard InChI is InChI=1S/C21H33N3O3S/c1-15-8-10-17(11-9-15)28(26,27)24-12-6-7-18(24)19(25)22-16-13-20(2,3)23-21(4,5)14-16/h8-11,16,18,23H,6-7,12-14H2,1-5H3,(H,22,25)/t18-/m0/s1. The lowest BCUT2D eigenvalue weighted by Gasteiger charge is -2.46. The predicted molar refractivity (Wildman–Crippen MR) is 111 cm³/mol. The number of hydrogen-bond acceptors (Lipinski definition) is 4. The summed E-state index contributed by atoms with van der Waals surface area (Å²) >= 11 is 0. The molecule has 28 heavy (non-hydrogen) atoms. The van der Waals surface area contributed by atoms with E-state index < -0.39 is 16.1 Å². The largest absolute Gasteiger partial charge is 0.352 e. The van der Waals surface area contributed by atoms with Gasteiger partial charge in [-0.2, -0.15) is 4.31 Å². The number of amides is 1. The van der Waals surface area contributed by atoms with Crippen molar-refractivity contribution < 1.29 is 13.2 Å². The molecule has 7 heteroatoms. The number of hydrogen-bond donors (Lipinski definition) is 2. The zero-order chi connectivity index (χ0) is 20.7. The first-order valence-electron chi connectivity index (χ1n) is 10.1. The lowest BCUT2D eigenvalue weighted by molar-refractivity contribution is -0.125. The first-order valence-corrected chi connectivity index (χ1v) is 11.5. The van der Waals surface area contributed by atoms with E-state index >= 15 is 0 Å². The molecule has 2 heterocycles. The monoisotopic (exact) mass is 407 g/mol. The van der Waals surface area contributed by atoms with Crippen molar-refractivity contribution in [1.29, 1.82) is 0 Å². The molecule has 6 nitrogen and oxygen atoms in total. The number of carbonyl (C=O) groups excluding carboxylic acids is 1. The molecule has 1 amide bonds. The molecule has 0 unspecified atom stereocenters. The van der Waals surface area contributed by atoms with Crippen LogP contribution in [0.3, 0.4) is 0 Å². The van der Waals surface area contributed by atoms with Gasteiger partial charge in [-0.3, -0.25) is 4.79 Å². The highest BCUT2D eigenvalue weighted by atomic mass is 32.2. The molecular weight excluding hydrogens is 374 g/mol. The van der Waals surface area contributed by atoms with E-state index in [0.29, 0.717) is 19.4 Å². The normalized spacial score (nSPS) is 25.5. The van der Waals surface area contributed by atoms with E-state index in [-0.39, 0.29) is 27.9 Å². The van der Waals surface area contributed by atoms with Gasteiger partial charge in [-0.15, -0.1) is 0 Å². The lowest BCUT2D eigenvalue weighted by atomic mass is 9.79. The summed E-state index contributed by atoms with van der Waals surface area (Å²) in [5.41, 5.74) is 0.845. The molecule has 156 valence electrons. The van der Waals surface area contributed by atoms with Gasteiger partial charge in [-0.25, -0.2) is 8.42 Å². The molecule has 0 spiro atoms. The lowest BCUT2D eigenvalue weighted by Crippen LogP contribution is -2.63. The molecule has 2 fully saturated rings. The fourth-order valence-electron chi connectivity index (χ4n) is 4.86. The first kappa shape index (κ1) is 21.3. The average Bonchev–Trinajstić information content (AvgIpc) is 3.02. The topological polar surface area (TPSA) is 78.5 Å². The highest BCUT2D eigenvalue weighted by Gasteiger charge is 2.42. The maximum absolute atomic E-state index is 13.1. The number of benzene rings is 1. The van der Waals surface area contributed by atoms with Crippen LogP contribution >= 0.6 is 0 Å². The van der Waals surface area contributed by atoms with E-state index in [0.717, 1.165) is 18.4 Å². The van der Waals surface area contributed by atoms with Crippen LogP contribution in [-0.4, -0.2) is 48.3 Å². The smallest absolute Gasteiger partial charge is 0.243 e. The summed E-state index contributed by atoms with van der Waals surface area (Å²) in [5, 5.41) is 6.76. The van der Waals surface area contributed by atoms with Crippen molar-refractivity contribution in [2.24, 2.45) is 0 Å². The molecule has 2 saturated heterocycles. The quantitative estimate of drug-likeness (QED) is 0.804. The minimum absolute atomic E-state index is 0.0308. The molecule has 1 aromatic carbocycles. The molecule has 2 N–H and O–H groups in total. The van der Waals surface area contributed by atoms with Crippen LogP contribution in [0.5, 0.6) is 0 Å². The molecule has 0 aliphatic carbocycles. The van der Waals surface area contributed by atoms with Crippen LogP contribution in [0.1, 0.15) is 58.9 Å². The zero-order valence-corrected chi connectivity index (χ0v) is 18.4. The van der Waals surface area contributed by atoms with E-state index in [1.54, 1.807) is 24.3 Å². The fraction of sp³-hybridized carbons (Fsp3) is 0.667. The van der Waals surface area contributed by atoms with Crippen molar-refractivity contribution in [2.75, 3.05) is 6.54 Å². The average molecular weight is 408 g/mol. The summed E-state index contributed by atoms with van der Waals surface area (Å²) in [6.07, 6.45) is 2.90. The van der Waals surface area contributed by atoms with Crippen LogP contribution in [0.15, 0.2) is 29.2 Å². The summed E-state index contributed by atoms with van der Waals surface area (Å²) in [7, 11) is -3.68. The van der Waals surface area contributed by atoms with Crippen molar-refractivity contribution in [3.63, 3.8) is 0 Å². The Kier molecular flexibility index (Phi) is 5.64. The molecule has 3 rings (SSSR count). The minimum atomic E-state index is -3.68. The molecule has 1 aromatic rings. The van der Waals surface area contributed by atoms with E-state index in [4.69, 9.17) is 0 Å². The molecule has 0 aromatic heterocycles. The molecule has 1 atom stereocenters. The molecule has 0 radical (unpaired) electrons. The minimum Gasteiger partial charge on any atom is -0.352 e. The van der Waals surface area contributed by atoms with Gasteiger partial charge in [0.05, 0.1) is 4.90 Å². The number of rotatable bonds is 4. The van der Waals surface area contributed by atoms with Gasteiger partial charge in [0.2, 0.25) is 15.9 Å². The number of piperidine rings is 1. The maximum Gasteiger partial charge on any atom is 0.243 e. The third-order valence-corrected chi connectivity index (χ3v) is 7.59. The Morgan fingerprint density at radius 1 is 1.11 bits per heavy atom. The molecule has 0 bridgehead atoms. The van der Waals surface area contributed by atoms with Crippen molar-refractivity contribution >= 4 is 15.9 Å². The highest BCUT2D eigenvalue weighted by molar-refractivity contribution is 7.89. The van der Waals surface area contributed by atoms with Crippen molar-refractivity contribution in [1.82, 2.24) is 14.9 Å². The predicted octanol–water partition coefficient (Wildman–Crippen LogP) is 2.57. The number of carbonyl (C=O) groups is 1. The Morgan fingerprint density at radius 2 is 1.68 bits per heavy atom. The van der Waals surface area contributed by atoms with Crippen LogP contribution in [0.25, 0.3) is 0 Å². The van der Waals surface area contributed by atoms with Gasteiger partial charge in [0.25, 0.3) is 0 Å². The Balaban J connectivity index is 1.75. The summed E-state index contributed by atoms with van der Waals surface area (Å²) in [6.45, 7) is 10.9. The second-order valence-electron chi connectivity index (χ2n) is 9.59. The summed E-state index contributed by atoms with van der Waals surface area (Å²) < 4.78 is 27.6. The highest BCUT2D eigenvalue weighted by Crippen LogP contribution is 2.30. The van der Waals surface area contributed by atoms with Gasteiger partial charge in [-0.05, 0) is 72.4 Å². The number of sulfonamides is 1. The van der Waals surface area contributed by atoms with Crippen LogP contribution in [0.2, 0.25) is 0 Å². The number of nitrogens with one attached hydrogen (secondary N) is 2. The van der Waals surface area contributed by atoms with Crippen LogP contribution in [-0.2, 0) is 14.8 Å². The van der Waals surface area contributed by atoms with Gasteiger partial charge in [0, 0.05) is 23.7 Å². The Bertz CT molecular complexity index is 815. The van der Waals surface area contributed by atoms with Gasteiger partial charge in [0.15, 0.2) is 0 Å². The maximum atomic E-state index is 13.1. The summed E-state index contributed by atoms with van der Waals surface area (Å²) in [5.74, 6) is -0.174. The van der Waals surface area contributed by atoms with E-state index in [9.17, 15) is 13.2 Å². The van der Waals surface area contributed by atoms with Crippen LogP contribution in [0, 0.1) is 6.92 Å². The number of aryl methyl sites for hydroxylation is 1. The fourth-order valence-corrected chi connectivity index (χ4v) is 6.51. The van der Waals surface area contributed by atoms with Crippen molar-refractivity contribution in [3.05, 3.63) is 29.8 Å².